The van der Waals surface area contributed by atoms with E-state index in [1.54, 1.807) is 0 Å². The van der Waals surface area contributed by atoms with Gasteiger partial charge in [0, 0.05) is 5.56 Å². The topological polar surface area (TPSA) is 55.1 Å². The number of hydrogen-bond acceptors (Lipinski definition) is 2. The van der Waals surface area contributed by atoms with E-state index in [1.807, 2.05) is 38.1 Å². The molecule has 2 atom stereocenters. The van der Waals surface area contributed by atoms with Crippen LogP contribution in [0.5, 0.6) is 0 Å². The lowest BCUT2D eigenvalue weighted by molar-refractivity contribution is -0.117. The van der Waals surface area contributed by atoms with Gasteiger partial charge < -0.3 is 11.1 Å². The number of benzene rings is 2. The minimum atomic E-state index is -0.472. The number of anilines is 1. The average molecular weight is 298 g/mol. The van der Waals surface area contributed by atoms with Crippen molar-refractivity contribution >= 4 is 11.6 Å². The third-order valence-corrected chi connectivity index (χ3v) is 4.25. The van der Waals surface area contributed by atoms with E-state index in [9.17, 15) is 9.18 Å². The van der Waals surface area contributed by atoms with Gasteiger partial charge in [-0.1, -0.05) is 36.8 Å². The van der Waals surface area contributed by atoms with Gasteiger partial charge in [0.05, 0.1) is 17.6 Å². The standard InChI is InChI=1S/C18H19FN2O/c1-3-13-14-8-12(19)9-15(17(14)21-18(13)22)16(20)11-6-4-5-10(2)7-11/h4-9,13,16H,3,20H2,1-2H3,(H,21,22). The second kappa shape index (κ2) is 5.54. The summed E-state index contributed by atoms with van der Waals surface area (Å²) in [6.45, 7) is 3.91. The zero-order valence-electron chi connectivity index (χ0n) is 12.7. The molecule has 22 heavy (non-hydrogen) atoms. The first-order valence-corrected chi connectivity index (χ1v) is 7.47. The summed E-state index contributed by atoms with van der Waals surface area (Å²) in [5.41, 5.74) is 10.4. The molecule has 0 aliphatic carbocycles. The van der Waals surface area contributed by atoms with Gasteiger partial charge in [-0.2, -0.15) is 0 Å². The Kier molecular flexibility index (Phi) is 3.71. The van der Waals surface area contributed by atoms with Gasteiger partial charge in [-0.3, -0.25) is 4.79 Å². The van der Waals surface area contributed by atoms with E-state index in [-0.39, 0.29) is 17.6 Å². The molecule has 2 aromatic carbocycles. The average Bonchev–Trinajstić information content (AvgIpc) is 2.80. The fraction of sp³-hybridized carbons (Fsp3) is 0.278. The summed E-state index contributed by atoms with van der Waals surface area (Å²) in [5, 5.41) is 2.87. The lowest BCUT2D eigenvalue weighted by Gasteiger charge is -2.17. The predicted molar refractivity (Wildman–Crippen MR) is 85.3 cm³/mol. The van der Waals surface area contributed by atoms with Gasteiger partial charge in [-0.25, -0.2) is 4.39 Å². The van der Waals surface area contributed by atoms with Crippen molar-refractivity contribution in [3.05, 3.63) is 64.5 Å². The Bertz CT molecular complexity index is 742. The molecule has 0 aromatic heterocycles. The third kappa shape index (κ3) is 2.40. The molecule has 1 aliphatic heterocycles. The number of rotatable bonds is 3. The molecule has 1 amide bonds. The second-order valence-corrected chi connectivity index (χ2v) is 5.80. The van der Waals surface area contributed by atoms with Crippen molar-refractivity contribution in [1.82, 2.24) is 0 Å². The predicted octanol–water partition coefficient (Wildman–Crippen LogP) is 3.63. The van der Waals surface area contributed by atoms with Crippen molar-refractivity contribution in [3.63, 3.8) is 0 Å². The molecule has 0 radical (unpaired) electrons. The molecule has 114 valence electrons. The van der Waals surface area contributed by atoms with E-state index in [4.69, 9.17) is 5.73 Å². The van der Waals surface area contributed by atoms with Gasteiger partial charge >= 0.3 is 0 Å². The van der Waals surface area contributed by atoms with Gasteiger partial charge in [0.25, 0.3) is 0 Å². The number of halogens is 1. The summed E-state index contributed by atoms with van der Waals surface area (Å²) in [5.74, 6) is -0.734. The molecule has 4 heteroatoms. The maximum Gasteiger partial charge on any atom is 0.232 e. The quantitative estimate of drug-likeness (QED) is 0.909. The smallest absolute Gasteiger partial charge is 0.232 e. The zero-order valence-corrected chi connectivity index (χ0v) is 12.7. The third-order valence-electron chi connectivity index (χ3n) is 4.25. The number of carbonyl (C=O) groups is 1. The Morgan fingerprint density at radius 3 is 2.77 bits per heavy atom. The summed E-state index contributed by atoms with van der Waals surface area (Å²) in [7, 11) is 0. The molecule has 0 fully saturated rings. The molecule has 3 rings (SSSR count). The fourth-order valence-corrected chi connectivity index (χ4v) is 3.11. The highest BCUT2D eigenvalue weighted by Gasteiger charge is 2.32. The second-order valence-electron chi connectivity index (χ2n) is 5.80. The van der Waals surface area contributed by atoms with E-state index < -0.39 is 6.04 Å². The molecule has 3 nitrogen and oxygen atoms in total. The first-order valence-electron chi connectivity index (χ1n) is 7.47. The summed E-state index contributed by atoms with van der Waals surface area (Å²) in [4.78, 5) is 12.1. The first-order chi connectivity index (χ1) is 10.5. The highest BCUT2D eigenvalue weighted by molar-refractivity contribution is 6.03. The van der Waals surface area contributed by atoms with Crippen LogP contribution in [0.2, 0.25) is 0 Å². The van der Waals surface area contributed by atoms with Gasteiger partial charge in [-0.05, 0) is 36.6 Å². The Labute approximate surface area is 129 Å². The molecular weight excluding hydrogens is 279 g/mol. The first kappa shape index (κ1) is 14.7. The molecular formula is C18H19FN2O. The number of nitrogens with one attached hydrogen (secondary N) is 1. The van der Waals surface area contributed by atoms with Gasteiger partial charge in [-0.15, -0.1) is 0 Å². The van der Waals surface area contributed by atoms with Crippen LogP contribution in [-0.4, -0.2) is 5.91 Å². The van der Waals surface area contributed by atoms with Gasteiger partial charge in [0.1, 0.15) is 5.82 Å². The number of carbonyl (C=O) groups excluding carboxylic acids is 1. The van der Waals surface area contributed by atoms with E-state index in [0.717, 1.165) is 11.1 Å². The largest absolute Gasteiger partial charge is 0.325 e. The monoisotopic (exact) mass is 298 g/mol. The molecule has 0 saturated carbocycles. The Hall–Kier alpha value is -2.20. The van der Waals surface area contributed by atoms with Crippen LogP contribution in [0.25, 0.3) is 0 Å². The highest BCUT2D eigenvalue weighted by atomic mass is 19.1. The SMILES string of the molecule is CCC1C(=O)Nc2c1cc(F)cc2C(N)c1cccc(C)c1. The number of amides is 1. The summed E-state index contributed by atoms with van der Waals surface area (Å²) >= 11 is 0. The van der Waals surface area contributed by atoms with Gasteiger partial charge in [0.2, 0.25) is 5.91 Å². The van der Waals surface area contributed by atoms with E-state index >= 15 is 0 Å². The van der Waals surface area contributed by atoms with Crippen molar-refractivity contribution in [2.24, 2.45) is 5.73 Å². The molecule has 0 bridgehead atoms. The van der Waals surface area contributed by atoms with Crippen LogP contribution in [-0.2, 0) is 4.79 Å². The van der Waals surface area contributed by atoms with E-state index in [1.165, 1.54) is 12.1 Å². The molecule has 0 spiro atoms. The van der Waals surface area contributed by atoms with Gasteiger partial charge in [0.15, 0.2) is 0 Å². The highest BCUT2D eigenvalue weighted by Crippen LogP contribution is 2.40. The fourth-order valence-electron chi connectivity index (χ4n) is 3.11. The molecule has 1 heterocycles. The summed E-state index contributed by atoms with van der Waals surface area (Å²) in [6, 6.07) is 10.2. The number of aryl methyl sites for hydroxylation is 1. The normalized spacial score (nSPS) is 18.0. The summed E-state index contributed by atoms with van der Waals surface area (Å²) in [6.07, 6.45) is 0.640. The molecule has 3 N–H and O–H groups in total. The van der Waals surface area contributed by atoms with Crippen LogP contribution in [0.15, 0.2) is 36.4 Å². The van der Waals surface area contributed by atoms with Crippen molar-refractivity contribution in [1.29, 1.82) is 0 Å². The Morgan fingerprint density at radius 2 is 2.09 bits per heavy atom. The summed E-state index contributed by atoms with van der Waals surface area (Å²) < 4.78 is 14.0. The zero-order chi connectivity index (χ0) is 15.9. The van der Waals surface area contributed by atoms with Crippen LogP contribution in [0.1, 0.15) is 47.6 Å². The minimum absolute atomic E-state index is 0.0826. The molecule has 2 aromatic rings. The Morgan fingerprint density at radius 1 is 1.32 bits per heavy atom. The van der Waals surface area contributed by atoms with Crippen molar-refractivity contribution < 1.29 is 9.18 Å². The van der Waals surface area contributed by atoms with E-state index in [2.05, 4.69) is 5.32 Å². The van der Waals surface area contributed by atoms with Crippen LogP contribution in [0.3, 0.4) is 0 Å². The number of fused-ring (bicyclic) bond motifs is 1. The maximum absolute atomic E-state index is 14.0. The van der Waals surface area contributed by atoms with E-state index in [0.29, 0.717) is 23.2 Å². The maximum atomic E-state index is 14.0. The molecule has 1 aliphatic rings. The van der Waals surface area contributed by atoms with Crippen LogP contribution in [0, 0.1) is 12.7 Å². The lowest BCUT2D eigenvalue weighted by atomic mass is 9.91. The van der Waals surface area contributed by atoms with Crippen LogP contribution >= 0.6 is 0 Å². The Balaban J connectivity index is 2.11. The van der Waals surface area contributed by atoms with Crippen molar-refractivity contribution in [2.75, 3.05) is 5.32 Å². The van der Waals surface area contributed by atoms with Crippen molar-refractivity contribution in [2.45, 2.75) is 32.2 Å². The van der Waals surface area contributed by atoms with Crippen LogP contribution < -0.4 is 11.1 Å². The molecule has 0 saturated heterocycles. The lowest BCUT2D eigenvalue weighted by Crippen LogP contribution is -2.15. The minimum Gasteiger partial charge on any atom is -0.325 e. The number of nitrogens with two attached hydrogens (primary N) is 1. The number of hydrogen-bond donors (Lipinski definition) is 2. The van der Waals surface area contributed by atoms with Crippen LogP contribution in [0.4, 0.5) is 10.1 Å². The van der Waals surface area contributed by atoms with Crippen molar-refractivity contribution in [3.8, 4) is 0 Å². The molecule has 2 unspecified atom stereocenters.